The van der Waals surface area contributed by atoms with Gasteiger partial charge in [-0.1, -0.05) is 0 Å². The van der Waals surface area contributed by atoms with Crippen LogP contribution in [-0.4, -0.2) is 9.97 Å². The second-order valence-corrected chi connectivity index (χ2v) is 1.85. The minimum atomic E-state index is 0. The smallest absolute Gasteiger partial charge is 0.368 e. The third-order valence-electron chi connectivity index (χ3n) is 1.27. The van der Waals surface area contributed by atoms with Crippen LogP contribution in [0.4, 0.5) is 0 Å². The predicted octanol–water partition coefficient (Wildman–Crippen LogP) is -1.18. The molecule has 0 amide bonds. The molecular formula is C8H8KN2-. The molecule has 0 fully saturated rings. The molecule has 0 unspecified atom stereocenters. The molecule has 1 N–H and O–H groups in total. The zero-order valence-corrected chi connectivity index (χ0v) is 9.88. The van der Waals surface area contributed by atoms with Crippen LogP contribution in [0.5, 0.6) is 0 Å². The molecule has 2 rings (SSSR count). The van der Waals surface area contributed by atoms with Gasteiger partial charge in [0.05, 0.1) is 6.33 Å². The van der Waals surface area contributed by atoms with E-state index in [1.165, 1.54) is 0 Å². The molecule has 0 saturated carbocycles. The zero-order chi connectivity index (χ0) is 6.10. The van der Waals surface area contributed by atoms with E-state index >= 15 is 0 Å². The number of fused-ring (bicyclic) bond motifs is 1. The molecule has 0 spiro atoms. The van der Waals surface area contributed by atoms with Crippen molar-refractivity contribution < 1.29 is 51.4 Å². The van der Waals surface area contributed by atoms with Crippen molar-refractivity contribution in [2.45, 2.75) is 0 Å². The predicted molar refractivity (Wildman–Crippen MR) is 41.3 cm³/mol. The average Bonchev–Trinajstić information content (AvgIpc) is 2.33. The molecule has 2 nitrogen and oxygen atoms in total. The number of aromatic amines is 1. The number of nitrogens with one attached hydrogen (secondary N) is 1. The van der Waals surface area contributed by atoms with Crippen LogP contribution in [0.15, 0.2) is 24.5 Å². The summed E-state index contributed by atoms with van der Waals surface area (Å²) in [6, 6.07) is 8.60. The quantitative estimate of drug-likeness (QED) is 0.392. The molecule has 3 heteroatoms. The summed E-state index contributed by atoms with van der Waals surface area (Å²) in [5.74, 6) is 0. The first kappa shape index (κ1) is 11.3. The van der Waals surface area contributed by atoms with Crippen molar-refractivity contribution in [3.63, 3.8) is 0 Å². The molecule has 0 aliphatic rings. The summed E-state index contributed by atoms with van der Waals surface area (Å²) in [6.45, 7) is 0. The summed E-state index contributed by atoms with van der Waals surface area (Å²) in [7, 11) is 0. The van der Waals surface area contributed by atoms with Gasteiger partial charge >= 0.3 is 51.4 Å². The second-order valence-electron chi connectivity index (χ2n) is 1.85. The van der Waals surface area contributed by atoms with E-state index in [0.29, 0.717) is 0 Å². The third-order valence-corrected chi connectivity index (χ3v) is 1.27. The summed E-state index contributed by atoms with van der Waals surface area (Å²) in [4.78, 5) is 7.02. The van der Waals surface area contributed by atoms with Crippen LogP contribution in [0, 0.1) is 13.5 Å². The molecule has 0 aliphatic carbocycles. The molecule has 0 atom stereocenters. The van der Waals surface area contributed by atoms with Crippen molar-refractivity contribution in [2.75, 3.05) is 0 Å². The van der Waals surface area contributed by atoms with Crippen molar-refractivity contribution in [2.24, 2.45) is 0 Å². The van der Waals surface area contributed by atoms with Crippen molar-refractivity contribution in [3.05, 3.63) is 38.0 Å². The Labute approximate surface area is 109 Å². The average molecular weight is 171 g/mol. The molecule has 0 saturated heterocycles. The molecule has 1 aromatic heterocycles. The summed E-state index contributed by atoms with van der Waals surface area (Å²) >= 11 is 0. The van der Waals surface area contributed by atoms with Gasteiger partial charge in [-0.25, -0.2) is 0 Å². The van der Waals surface area contributed by atoms with Gasteiger partial charge in [0.15, 0.2) is 0 Å². The monoisotopic (exact) mass is 171 g/mol. The zero-order valence-electron chi connectivity index (χ0n) is 6.76. The van der Waals surface area contributed by atoms with E-state index in [4.69, 9.17) is 0 Å². The Morgan fingerprint density at radius 1 is 1.45 bits per heavy atom. The van der Waals surface area contributed by atoms with E-state index in [-0.39, 0.29) is 58.8 Å². The number of benzene rings is 1. The Balaban J connectivity index is 0.000000500. The summed E-state index contributed by atoms with van der Waals surface area (Å²) in [6.07, 6.45) is 1.68. The Kier molecular flexibility index (Phi) is 5.21. The van der Waals surface area contributed by atoms with Crippen LogP contribution in [0.3, 0.4) is 0 Å². The summed E-state index contributed by atoms with van der Waals surface area (Å²) < 4.78 is 0. The maximum absolute atomic E-state index is 4.03. The Morgan fingerprint density at radius 3 is 3.00 bits per heavy atom. The molecule has 0 radical (unpaired) electrons. The fourth-order valence-electron chi connectivity index (χ4n) is 0.822. The van der Waals surface area contributed by atoms with Gasteiger partial charge in [0.2, 0.25) is 0 Å². The minimum absolute atomic E-state index is 0. The van der Waals surface area contributed by atoms with Gasteiger partial charge in [-0.2, -0.15) is 12.1 Å². The van der Waals surface area contributed by atoms with Crippen LogP contribution in [0.2, 0.25) is 0 Å². The fraction of sp³-hybridized carbons (Fsp3) is 0. The molecule has 52 valence electrons. The first-order chi connectivity index (χ1) is 4.47. The van der Waals surface area contributed by atoms with E-state index < -0.39 is 0 Å². The Bertz CT molecular complexity index is 286. The minimum Gasteiger partial charge on any atom is -0.368 e. The van der Waals surface area contributed by atoms with Gasteiger partial charge in [-0.05, 0) is 11.0 Å². The molecular weight excluding hydrogens is 163 g/mol. The number of H-pyrrole nitrogens is 1. The number of rotatable bonds is 0. The van der Waals surface area contributed by atoms with E-state index in [2.05, 4.69) is 16.0 Å². The summed E-state index contributed by atoms with van der Waals surface area (Å²) in [5, 5.41) is 0. The maximum atomic E-state index is 4.03. The van der Waals surface area contributed by atoms with E-state index in [9.17, 15) is 0 Å². The van der Waals surface area contributed by atoms with Crippen molar-refractivity contribution in [1.29, 1.82) is 0 Å². The molecule has 0 bridgehead atoms. The number of aromatic nitrogens is 2. The van der Waals surface area contributed by atoms with Crippen LogP contribution in [-0.2, 0) is 0 Å². The van der Waals surface area contributed by atoms with Gasteiger partial charge < -0.3 is 17.4 Å². The van der Waals surface area contributed by atoms with Crippen molar-refractivity contribution in [3.8, 4) is 0 Å². The molecule has 11 heavy (non-hydrogen) atoms. The van der Waals surface area contributed by atoms with Crippen LogP contribution < -0.4 is 51.4 Å². The van der Waals surface area contributed by atoms with E-state index in [1.54, 1.807) is 6.33 Å². The molecule has 1 heterocycles. The molecule has 1 aromatic carbocycles. The van der Waals surface area contributed by atoms with Crippen LogP contribution in [0.25, 0.3) is 11.0 Å². The van der Waals surface area contributed by atoms with Gasteiger partial charge in [-0.15, -0.1) is 12.1 Å². The van der Waals surface area contributed by atoms with E-state index in [1.807, 2.05) is 18.2 Å². The Hall–Kier alpha value is 0.326. The van der Waals surface area contributed by atoms with Gasteiger partial charge in [0, 0.05) is 0 Å². The number of hydrogen-bond acceptors (Lipinski definition) is 1. The largest absolute Gasteiger partial charge is 1.00 e. The first-order valence-electron chi connectivity index (χ1n) is 2.76. The standard InChI is InChI=1S/C7H5N2.CH3.K/c1-2-4-7-6(3-1)8-5-9-7;;/h1,3-5H,(H,8,9);1H3;/q2*-1;+1. The van der Waals surface area contributed by atoms with Crippen molar-refractivity contribution >= 4 is 11.0 Å². The summed E-state index contributed by atoms with van der Waals surface area (Å²) in [5.41, 5.74) is 2.03. The molecule has 0 aliphatic heterocycles. The maximum Gasteiger partial charge on any atom is 1.00 e. The number of nitrogens with zero attached hydrogens (tertiary/aromatic N) is 1. The normalized spacial score (nSPS) is 8.36. The van der Waals surface area contributed by atoms with Gasteiger partial charge in [0.25, 0.3) is 0 Å². The Morgan fingerprint density at radius 2 is 2.27 bits per heavy atom. The first-order valence-corrected chi connectivity index (χ1v) is 2.76. The fourth-order valence-corrected chi connectivity index (χ4v) is 0.822. The van der Waals surface area contributed by atoms with Gasteiger partial charge in [-0.3, -0.25) is 0 Å². The topological polar surface area (TPSA) is 28.7 Å². The SMILES string of the molecule is [CH3-].[K+].[c-]1ccc2[nH]cnc2c1. The second kappa shape index (κ2) is 5.06. The van der Waals surface area contributed by atoms with Gasteiger partial charge in [0.1, 0.15) is 0 Å². The van der Waals surface area contributed by atoms with E-state index in [0.717, 1.165) is 11.0 Å². The van der Waals surface area contributed by atoms with Crippen molar-refractivity contribution in [1.82, 2.24) is 9.97 Å². The van der Waals surface area contributed by atoms with Crippen LogP contribution >= 0.6 is 0 Å². The third kappa shape index (κ3) is 2.38. The number of imidazole rings is 1. The van der Waals surface area contributed by atoms with Crippen LogP contribution in [0.1, 0.15) is 0 Å². The molecule has 2 aromatic rings. The number of hydrogen-bond donors (Lipinski definition) is 1.